The monoisotopic (exact) mass is 280 g/mol. The highest BCUT2D eigenvalue weighted by atomic mass is 15.1. The molecule has 0 bridgehead atoms. The summed E-state index contributed by atoms with van der Waals surface area (Å²) in [7, 11) is 4.16. The maximum atomic E-state index is 3.69. The molecule has 0 aliphatic carbocycles. The van der Waals surface area contributed by atoms with E-state index in [4.69, 9.17) is 0 Å². The normalized spacial score (nSPS) is 17.0. The molecule has 21 heavy (non-hydrogen) atoms. The molecular formula is C19H24N2. The van der Waals surface area contributed by atoms with E-state index in [1.165, 1.54) is 41.8 Å². The second-order valence-corrected chi connectivity index (χ2v) is 6.14. The predicted molar refractivity (Wildman–Crippen MR) is 91.3 cm³/mol. The predicted octanol–water partition coefficient (Wildman–Crippen LogP) is 4.11. The molecule has 1 N–H and O–H groups in total. The lowest BCUT2D eigenvalue weighted by molar-refractivity contribution is 0.586. The van der Waals surface area contributed by atoms with Gasteiger partial charge in [0.2, 0.25) is 0 Å². The van der Waals surface area contributed by atoms with Crippen LogP contribution in [0.1, 0.15) is 24.0 Å². The summed E-state index contributed by atoms with van der Waals surface area (Å²) in [5, 5.41) is 3.69. The van der Waals surface area contributed by atoms with Crippen molar-refractivity contribution in [2.45, 2.75) is 31.7 Å². The summed E-state index contributed by atoms with van der Waals surface area (Å²) < 4.78 is 0. The molecule has 2 nitrogen and oxygen atoms in total. The Kier molecular flexibility index (Phi) is 4.14. The van der Waals surface area contributed by atoms with Gasteiger partial charge in [-0.15, -0.1) is 0 Å². The third kappa shape index (κ3) is 3.38. The van der Waals surface area contributed by atoms with Crippen molar-refractivity contribution in [3.8, 4) is 0 Å². The number of rotatable bonds is 4. The lowest BCUT2D eigenvalue weighted by atomic mass is 9.94. The second-order valence-electron chi connectivity index (χ2n) is 6.14. The van der Waals surface area contributed by atoms with Crippen molar-refractivity contribution < 1.29 is 0 Å². The Hall–Kier alpha value is -1.96. The van der Waals surface area contributed by atoms with Gasteiger partial charge >= 0.3 is 0 Å². The highest BCUT2D eigenvalue weighted by molar-refractivity contribution is 5.53. The first-order valence-corrected chi connectivity index (χ1v) is 7.83. The molecule has 1 unspecified atom stereocenters. The first kappa shape index (κ1) is 14.0. The average molecular weight is 280 g/mol. The van der Waals surface area contributed by atoms with Crippen LogP contribution in [0.15, 0.2) is 48.5 Å². The summed E-state index contributed by atoms with van der Waals surface area (Å²) in [5.41, 5.74) is 5.49. The molecule has 1 aliphatic rings. The van der Waals surface area contributed by atoms with Gasteiger partial charge in [0.1, 0.15) is 0 Å². The van der Waals surface area contributed by atoms with Crippen LogP contribution in [0.5, 0.6) is 0 Å². The third-order valence-electron chi connectivity index (χ3n) is 4.37. The number of benzene rings is 2. The second kappa shape index (κ2) is 6.21. The van der Waals surface area contributed by atoms with E-state index in [0.29, 0.717) is 6.04 Å². The quantitative estimate of drug-likeness (QED) is 0.906. The third-order valence-corrected chi connectivity index (χ3v) is 4.37. The van der Waals surface area contributed by atoms with Gasteiger partial charge in [-0.25, -0.2) is 0 Å². The van der Waals surface area contributed by atoms with E-state index in [1.54, 1.807) is 0 Å². The van der Waals surface area contributed by atoms with Crippen LogP contribution in [0.3, 0.4) is 0 Å². The Morgan fingerprint density at radius 1 is 1.05 bits per heavy atom. The Balaban J connectivity index is 1.56. The van der Waals surface area contributed by atoms with E-state index < -0.39 is 0 Å². The number of nitrogens with one attached hydrogen (secondary N) is 1. The first-order chi connectivity index (χ1) is 10.2. The molecule has 1 aliphatic heterocycles. The summed E-state index contributed by atoms with van der Waals surface area (Å²) in [6.45, 7) is 0. The molecule has 0 spiro atoms. The van der Waals surface area contributed by atoms with Gasteiger partial charge in [-0.1, -0.05) is 30.3 Å². The van der Waals surface area contributed by atoms with Crippen LogP contribution in [0.25, 0.3) is 0 Å². The number of hydrogen-bond acceptors (Lipinski definition) is 2. The maximum Gasteiger partial charge on any atom is 0.0374 e. The Morgan fingerprint density at radius 3 is 2.57 bits per heavy atom. The molecule has 2 aromatic rings. The van der Waals surface area contributed by atoms with Gasteiger partial charge in [-0.2, -0.15) is 0 Å². The van der Waals surface area contributed by atoms with E-state index in [-0.39, 0.29) is 0 Å². The zero-order valence-corrected chi connectivity index (χ0v) is 13.0. The van der Waals surface area contributed by atoms with E-state index in [0.717, 1.165) is 6.42 Å². The van der Waals surface area contributed by atoms with Gasteiger partial charge < -0.3 is 10.2 Å². The van der Waals surface area contributed by atoms with Crippen LogP contribution < -0.4 is 10.2 Å². The van der Waals surface area contributed by atoms with Gasteiger partial charge in [0.15, 0.2) is 0 Å². The highest BCUT2D eigenvalue weighted by Crippen LogP contribution is 2.26. The molecule has 0 fully saturated rings. The van der Waals surface area contributed by atoms with E-state index in [1.807, 2.05) is 0 Å². The number of hydrogen-bond donors (Lipinski definition) is 1. The molecule has 0 saturated heterocycles. The lowest BCUT2D eigenvalue weighted by Crippen LogP contribution is -2.25. The fourth-order valence-corrected chi connectivity index (χ4v) is 3.02. The molecule has 2 aromatic carbocycles. The largest absolute Gasteiger partial charge is 0.382 e. The summed E-state index contributed by atoms with van der Waals surface area (Å²) in [5.74, 6) is 0. The van der Waals surface area contributed by atoms with Crippen molar-refractivity contribution >= 4 is 11.4 Å². The van der Waals surface area contributed by atoms with Crippen molar-refractivity contribution in [3.63, 3.8) is 0 Å². The van der Waals surface area contributed by atoms with E-state index in [2.05, 4.69) is 72.8 Å². The van der Waals surface area contributed by atoms with Gasteiger partial charge in [0.05, 0.1) is 0 Å². The van der Waals surface area contributed by atoms with Crippen LogP contribution >= 0.6 is 0 Å². The molecule has 1 atom stereocenters. The van der Waals surface area contributed by atoms with Gasteiger partial charge in [0.25, 0.3) is 0 Å². The van der Waals surface area contributed by atoms with Crippen molar-refractivity contribution in [2.24, 2.45) is 0 Å². The average Bonchev–Trinajstić information content (AvgIpc) is 2.53. The number of anilines is 2. The molecule has 1 heterocycles. The Morgan fingerprint density at radius 2 is 1.81 bits per heavy atom. The minimum atomic E-state index is 0.605. The number of fused-ring (bicyclic) bond motifs is 1. The van der Waals surface area contributed by atoms with Gasteiger partial charge in [-0.3, -0.25) is 0 Å². The van der Waals surface area contributed by atoms with Crippen LogP contribution in [-0.4, -0.2) is 20.1 Å². The number of para-hydroxylation sites is 1. The Bertz CT molecular complexity index is 587. The molecule has 0 amide bonds. The summed E-state index contributed by atoms with van der Waals surface area (Å²) in [6, 6.07) is 18.2. The van der Waals surface area contributed by atoms with Gasteiger partial charge in [-0.05, 0) is 55.0 Å². The summed E-state index contributed by atoms with van der Waals surface area (Å²) in [6.07, 6.45) is 4.80. The van der Waals surface area contributed by atoms with Crippen molar-refractivity contribution in [1.82, 2.24) is 0 Å². The topological polar surface area (TPSA) is 15.3 Å². The standard InChI is InChI=1S/C19H24N2/c1-21(2)18-13-8-15(9-14-18)7-11-17-12-10-16-5-3-4-6-19(16)20-17/h3-6,8-9,13-14,17,20H,7,10-12H2,1-2H3. The zero-order chi connectivity index (χ0) is 14.7. The summed E-state index contributed by atoms with van der Waals surface area (Å²) >= 11 is 0. The van der Waals surface area contributed by atoms with E-state index >= 15 is 0 Å². The minimum Gasteiger partial charge on any atom is -0.382 e. The molecule has 0 saturated carbocycles. The van der Waals surface area contributed by atoms with E-state index in [9.17, 15) is 0 Å². The smallest absolute Gasteiger partial charge is 0.0374 e. The van der Waals surface area contributed by atoms with Crippen LogP contribution in [0, 0.1) is 0 Å². The first-order valence-electron chi connectivity index (χ1n) is 7.83. The fourth-order valence-electron chi connectivity index (χ4n) is 3.02. The van der Waals surface area contributed by atoms with Crippen molar-refractivity contribution in [3.05, 3.63) is 59.7 Å². The molecule has 2 heteroatoms. The SMILES string of the molecule is CN(C)c1ccc(CCC2CCc3ccccc3N2)cc1. The van der Waals surface area contributed by atoms with Gasteiger partial charge in [0, 0.05) is 31.5 Å². The number of aryl methyl sites for hydroxylation is 2. The molecule has 0 radical (unpaired) electrons. The zero-order valence-electron chi connectivity index (χ0n) is 13.0. The lowest BCUT2D eigenvalue weighted by Gasteiger charge is -2.27. The molecule has 3 rings (SSSR count). The highest BCUT2D eigenvalue weighted by Gasteiger charge is 2.16. The Labute approximate surface area is 127 Å². The van der Waals surface area contributed by atoms with Crippen LogP contribution in [-0.2, 0) is 12.8 Å². The summed E-state index contributed by atoms with van der Waals surface area (Å²) in [4.78, 5) is 2.14. The molecule has 0 aromatic heterocycles. The molecular weight excluding hydrogens is 256 g/mol. The molecule has 110 valence electrons. The maximum absolute atomic E-state index is 3.69. The number of nitrogens with zero attached hydrogens (tertiary/aromatic N) is 1. The fraction of sp³-hybridized carbons (Fsp3) is 0.368. The van der Waals surface area contributed by atoms with Crippen molar-refractivity contribution in [1.29, 1.82) is 0 Å². The van der Waals surface area contributed by atoms with Crippen LogP contribution in [0.4, 0.5) is 11.4 Å². The van der Waals surface area contributed by atoms with Crippen molar-refractivity contribution in [2.75, 3.05) is 24.3 Å². The minimum absolute atomic E-state index is 0.605. The van der Waals surface area contributed by atoms with Crippen LogP contribution in [0.2, 0.25) is 0 Å².